The van der Waals surface area contributed by atoms with Gasteiger partial charge < -0.3 is 5.32 Å². The molecule has 1 aliphatic rings. The van der Waals surface area contributed by atoms with Gasteiger partial charge in [0, 0.05) is 10.9 Å². The van der Waals surface area contributed by atoms with Crippen molar-refractivity contribution < 1.29 is 13.6 Å². The smallest absolute Gasteiger partial charge is 0.265 e. The van der Waals surface area contributed by atoms with Crippen molar-refractivity contribution in [2.24, 2.45) is 0 Å². The Bertz CT molecular complexity index is 642. The van der Waals surface area contributed by atoms with Crippen molar-refractivity contribution in [3.05, 3.63) is 51.2 Å². The Balaban J connectivity index is 1.80. The van der Waals surface area contributed by atoms with E-state index in [1.807, 2.05) is 6.07 Å². The third-order valence-electron chi connectivity index (χ3n) is 3.40. The van der Waals surface area contributed by atoms with E-state index in [2.05, 4.69) is 5.32 Å². The van der Waals surface area contributed by atoms with E-state index in [0.717, 1.165) is 37.8 Å². The van der Waals surface area contributed by atoms with Gasteiger partial charge in [-0.2, -0.15) is 0 Å². The summed E-state index contributed by atoms with van der Waals surface area (Å²) in [5.41, 5.74) is 1.23. The highest BCUT2D eigenvalue weighted by atomic mass is 32.1. The second-order valence-corrected chi connectivity index (χ2v) is 5.98. The van der Waals surface area contributed by atoms with Crippen LogP contribution in [0.1, 0.15) is 33.0 Å². The molecule has 5 heteroatoms. The molecule has 1 aliphatic carbocycles. The molecule has 0 aliphatic heterocycles. The first-order valence-electron chi connectivity index (χ1n) is 6.51. The molecular weight excluding hydrogens is 280 g/mol. The minimum Gasteiger partial charge on any atom is -0.319 e. The normalized spacial score (nSPS) is 13.9. The number of aryl methyl sites for hydroxylation is 2. The standard InChI is InChI=1S/C15H13F2NOS/c16-10-5-6-12(11(17)8-10)18-15(19)14-7-9-3-1-2-4-13(9)20-14/h5-8H,1-4H2,(H,18,19). The fraction of sp³-hybridized carbons (Fsp3) is 0.267. The summed E-state index contributed by atoms with van der Waals surface area (Å²) in [6.45, 7) is 0. The van der Waals surface area contributed by atoms with Gasteiger partial charge in [0.1, 0.15) is 11.6 Å². The molecule has 2 nitrogen and oxygen atoms in total. The van der Waals surface area contributed by atoms with Crippen LogP contribution in [0.3, 0.4) is 0 Å². The number of rotatable bonds is 2. The van der Waals surface area contributed by atoms with Gasteiger partial charge in [0.2, 0.25) is 0 Å². The number of hydrogen-bond acceptors (Lipinski definition) is 2. The van der Waals surface area contributed by atoms with Crippen molar-refractivity contribution in [2.45, 2.75) is 25.7 Å². The summed E-state index contributed by atoms with van der Waals surface area (Å²) in [4.78, 5) is 13.9. The van der Waals surface area contributed by atoms with Crippen molar-refractivity contribution in [3.63, 3.8) is 0 Å². The van der Waals surface area contributed by atoms with Gasteiger partial charge in [-0.15, -0.1) is 11.3 Å². The van der Waals surface area contributed by atoms with Gasteiger partial charge in [0.15, 0.2) is 0 Å². The van der Waals surface area contributed by atoms with Crippen LogP contribution >= 0.6 is 11.3 Å². The van der Waals surface area contributed by atoms with Crippen LogP contribution in [0.5, 0.6) is 0 Å². The fourth-order valence-corrected chi connectivity index (χ4v) is 3.53. The van der Waals surface area contributed by atoms with E-state index >= 15 is 0 Å². The number of halogens is 2. The summed E-state index contributed by atoms with van der Waals surface area (Å²) in [5.74, 6) is -1.76. The Labute approximate surface area is 119 Å². The van der Waals surface area contributed by atoms with Crippen molar-refractivity contribution >= 4 is 22.9 Å². The van der Waals surface area contributed by atoms with Crippen molar-refractivity contribution in [2.75, 3.05) is 5.32 Å². The third-order valence-corrected chi connectivity index (χ3v) is 4.64. The number of carbonyl (C=O) groups is 1. The van der Waals surface area contributed by atoms with Crippen molar-refractivity contribution in [3.8, 4) is 0 Å². The second kappa shape index (κ2) is 5.32. The molecule has 0 unspecified atom stereocenters. The fourth-order valence-electron chi connectivity index (χ4n) is 2.38. The summed E-state index contributed by atoms with van der Waals surface area (Å²) in [7, 11) is 0. The van der Waals surface area contributed by atoms with E-state index in [1.165, 1.54) is 27.8 Å². The first-order valence-corrected chi connectivity index (χ1v) is 7.33. The number of amides is 1. The molecule has 0 saturated carbocycles. The van der Waals surface area contributed by atoms with Crippen LogP contribution in [0.15, 0.2) is 24.3 Å². The Morgan fingerprint density at radius 3 is 2.70 bits per heavy atom. The predicted octanol–water partition coefficient (Wildman–Crippen LogP) is 4.16. The lowest BCUT2D eigenvalue weighted by atomic mass is 9.99. The molecule has 1 aromatic heterocycles. The topological polar surface area (TPSA) is 29.1 Å². The average Bonchev–Trinajstić information content (AvgIpc) is 2.86. The first kappa shape index (κ1) is 13.2. The Kier molecular flexibility index (Phi) is 3.53. The lowest BCUT2D eigenvalue weighted by Gasteiger charge is -2.08. The summed E-state index contributed by atoms with van der Waals surface area (Å²) in [5, 5.41) is 2.49. The molecular formula is C15H13F2NOS. The van der Waals surface area contributed by atoms with Gasteiger partial charge in [-0.1, -0.05) is 0 Å². The molecule has 1 N–H and O–H groups in total. The van der Waals surface area contributed by atoms with Crippen LogP contribution in [0.4, 0.5) is 14.5 Å². The number of anilines is 1. The molecule has 0 fully saturated rings. The zero-order valence-corrected chi connectivity index (χ0v) is 11.5. The molecule has 0 bridgehead atoms. The molecule has 0 atom stereocenters. The highest BCUT2D eigenvalue weighted by Crippen LogP contribution is 2.30. The van der Waals surface area contributed by atoms with Gasteiger partial charge in [-0.05, 0) is 49.4 Å². The number of carbonyl (C=O) groups excluding carboxylic acids is 1. The van der Waals surface area contributed by atoms with E-state index in [1.54, 1.807) is 0 Å². The summed E-state index contributed by atoms with van der Waals surface area (Å²) >= 11 is 1.46. The molecule has 20 heavy (non-hydrogen) atoms. The molecule has 1 aromatic carbocycles. The monoisotopic (exact) mass is 293 g/mol. The molecule has 3 rings (SSSR count). The molecule has 0 radical (unpaired) electrons. The van der Waals surface area contributed by atoms with E-state index in [-0.39, 0.29) is 11.6 Å². The van der Waals surface area contributed by atoms with Crippen LogP contribution in [0.2, 0.25) is 0 Å². The number of fused-ring (bicyclic) bond motifs is 1. The maximum atomic E-state index is 13.5. The molecule has 1 amide bonds. The predicted molar refractivity (Wildman–Crippen MR) is 75.3 cm³/mol. The van der Waals surface area contributed by atoms with Crippen LogP contribution in [0, 0.1) is 11.6 Å². The molecule has 1 heterocycles. The van der Waals surface area contributed by atoms with Crippen molar-refractivity contribution in [1.29, 1.82) is 0 Å². The Hall–Kier alpha value is -1.75. The zero-order valence-electron chi connectivity index (χ0n) is 10.7. The first-order chi connectivity index (χ1) is 9.63. The molecule has 104 valence electrons. The lowest BCUT2D eigenvalue weighted by Crippen LogP contribution is -2.11. The van der Waals surface area contributed by atoms with E-state index in [4.69, 9.17) is 0 Å². The molecule has 2 aromatic rings. The van der Waals surface area contributed by atoms with Crippen molar-refractivity contribution in [1.82, 2.24) is 0 Å². The lowest BCUT2D eigenvalue weighted by molar-refractivity contribution is 0.103. The zero-order chi connectivity index (χ0) is 14.1. The SMILES string of the molecule is O=C(Nc1ccc(F)cc1F)c1cc2c(s1)CCCC2. The van der Waals surface area contributed by atoms with Gasteiger partial charge in [0.05, 0.1) is 10.6 Å². The number of nitrogens with one attached hydrogen (secondary N) is 1. The second-order valence-electron chi connectivity index (χ2n) is 4.84. The largest absolute Gasteiger partial charge is 0.319 e. The minimum atomic E-state index is -0.764. The maximum Gasteiger partial charge on any atom is 0.265 e. The highest BCUT2D eigenvalue weighted by molar-refractivity contribution is 7.14. The molecule has 0 saturated heterocycles. The summed E-state index contributed by atoms with van der Waals surface area (Å²) < 4.78 is 26.3. The molecule has 0 spiro atoms. The number of thiophene rings is 1. The van der Waals surface area contributed by atoms with Crippen LogP contribution in [-0.4, -0.2) is 5.91 Å². The summed E-state index contributed by atoms with van der Waals surface area (Å²) in [6.07, 6.45) is 4.32. The van der Waals surface area contributed by atoms with E-state index in [0.29, 0.717) is 4.88 Å². The third kappa shape index (κ3) is 2.58. The van der Waals surface area contributed by atoms with Gasteiger partial charge in [-0.25, -0.2) is 8.78 Å². The Morgan fingerprint density at radius 1 is 1.15 bits per heavy atom. The average molecular weight is 293 g/mol. The van der Waals surface area contributed by atoms with E-state index < -0.39 is 11.6 Å². The van der Waals surface area contributed by atoms with Gasteiger partial charge in [0.25, 0.3) is 5.91 Å². The van der Waals surface area contributed by atoms with Gasteiger partial charge >= 0.3 is 0 Å². The Morgan fingerprint density at radius 2 is 1.95 bits per heavy atom. The number of benzene rings is 1. The number of hydrogen-bond donors (Lipinski definition) is 1. The van der Waals surface area contributed by atoms with E-state index in [9.17, 15) is 13.6 Å². The minimum absolute atomic E-state index is 0.00257. The maximum absolute atomic E-state index is 13.5. The van der Waals surface area contributed by atoms with Gasteiger partial charge in [-0.3, -0.25) is 4.79 Å². The van der Waals surface area contributed by atoms with Crippen LogP contribution in [-0.2, 0) is 12.8 Å². The highest BCUT2D eigenvalue weighted by Gasteiger charge is 2.18. The van der Waals surface area contributed by atoms with Crippen LogP contribution < -0.4 is 5.32 Å². The quantitative estimate of drug-likeness (QED) is 0.885. The summed E-state index contributed by atoms with van der Waals surface area (Å²) in [6, 6.07) is 5.00. The van der Waals surface area contributed by atoms with Crippen LogP contribution in [0.25, 0.3) is 0 Å².